The van der Waals surface area contributed by atoms with Crippen LogP contribution in [0.1, 0.15) is 37.0 Å². The Labute approximate surface area is 124 Å². The summed E-state index contributed by atoms with van der Waals surface area (Å²) >= 11 is 0. The first-order chi connectivity index (χ1) is 10.2. The van der Waals surface area contributed by atoms with Gasteiger partial charge in [-0.05, 0) is 25.1 Å². The van der Waals surface area contributed by atoms with Gasteiger partial charge in [-0.15, -0.1) is 0 Å². The molecule has 3 aromatic rings. The largest absolute Gasteiger partial charge is 0.469 e. The Balaban J connectivity index is 1.94. The van der Waals surface area contributed by atoms with Gasteiger partial charge in [0.15, 0.2) is 0 Å². The zero-order valence-corrected chi connectivity index (χ0v) is 12.5. The zero-order chi connectivity index (χ0) is 14.8. The van der Waals surface area contributed by atoms with E-state index in [0.29, 0.717) is 0 Å². The van der Waals surface area contributed by atoms with E-state index in [-0.39, 0.29) is 6.04 Å². The van der Waals surface area contributed by atoms with E-state index in [1.807, 2.05) is 24.3 Å². The van der Waals surface area contributed by atoms with E-state index in [1.165, 1.54) is 5.52 Å². The minimum absolute atomic E-state index is 0.0826. The monoisotopic (exact) mass is 283 g/mol. The summed E-state index contributed by atoms with van der Waals surface area (Å²) in [5.41, 5.74) is 9.67. The fraction of sp³-hybridized carbons (Fsp3) is 0.353. The van der Waals surface area contributed by atoms with Gasteiger partial charge < -0.3 is 14.7 Å². The number of nitrogens with two attached hydrogens (primary N) is 1. The van der Waals surface area contributed by atoms with E-state index in [2.05, 4.69) is 24.5 Å². The molecule has 1 unspecified atom stereocenters. The number of benzene rings is 1. The van der Waals surface area contributed by atoms with Crippen molar-refractivity contribution in [3.63, 3.8) is 0 Å². The fourth-order valence-electron chi connectivity index (χ4n) is 2.91. The van der Waals surface area contributed by atoms with Crippen LogP contribution >= 0.6 is 0 Å². The average Bonchev–Trinajstić information content (AvgIpc) is 3.10. The van der Waals surface area contributed by atoms with E-state index in [9.17, 15) is 0 Å². The van der Waals surface area contributed by atoms with Gasteiger partial charge >= 0.3 is 0 Å². The van der Waals surface area contributed by atoms with Crippen LogP contribution in [0.15, 0.2) is 41.0 Å². The molecule has 0 aliphatic carbocycles. The highest BCUT2D eigenvalue weighted by molar-refractivity contribution is 5.75. The summed E-state index contributed by atoms with van der Waals surface area (Å²) in [6, 6.07) is 10.1. The molecule has 0 spiro atoms. The number of para-hydroxylation sites is 2. The van der Waals surface area contributed by atoms with Crippen molar-refractivity contribution < 1.29 is 4.42 Å². The minimum Gasteiger partial charge on any atom is -0.469 e. The summed E-state index contributed by atoms with van der Waals surface area (Å²) in [7, 11) is 0. The molecule has 0 amide bonds. The number of rotatable bonds is 5. The molecule has 0 aliphatic rings. The van der Waals surface area contributed by atoms with Crippen molar-refractivity contribution in [2.45, 2.75) is 39.3 Å². The normalized spacial score (nSPS) is 12.9. The third-order valence-corrected chi connectivity index (χ3v) is 3.95. The molecule has 0 radical (unpaired) electrons. The minimum atomic E-state index is -0.0826. The highest BCUT2D eigenvalue weighted by atomic mass is 16.3. The van der Waals surface area contributed by atoms with Gasteiger partial charge in [0.05, 0.1) is 17.3 Å². The Morgan fingerprint density at radius 3 is 2.81 bits per heavy atom. The molecule has 3 rings (SSSR count). The van der Waals surface area contributed by atoms with Crippen molar-refractivity contribution in [1.29, 1.82) is 0 Å². The molecule has 4 nitrogen and oxygen atoms in total. The molecule has 2 aromatic heterocycles. The predicted molar refractivity (Wildman–Crippen MR) is 84.1 cm³/mol. The lowest BCUT2D eigenvalue weighted by Crippen LogP contribution is -2.17. The van der Waals surface area contributed by atoms with Gasteiger partial charge in [0.25, 0.3) is 0 Å². The summed E-state index contributed by atoms with van der Waals surface area (Å²) in [6.07, 6.45) is 3.30. The van der Waals surface area contributed by atoms with Gasteiger partial charge in [-0.2, -0.15) is 0 Å². The van der Waals surface area contributed by atoms with Crippen LogP contribution in [0.5, 0.6) is 0 Å². The van der Waals surface area contributed by atoms with Crippen LogP contribution in [0.25, 0.3) is 11.0 Å². The maximum atomic E-state index is 6.38. The van der Waals surface area contributed by atoms with Crippen molar-refractivity contribution in [3.05, 3.63) is 53.7 Å². The maximum absolute atomic E-state index is 6.38. The second-order valence-electron chi connectivity index (χ2n) is 5.22. The van der Waals surface area contributed by atoms with Crippen molar-refractivity contribution in [2.75, 3.05) is 0 Å². The summed E-state index contributed by atoms with van der Waals surface area (Å²) in [4.78, 5) is 4.74. The fourth-order valence-corrected chi connectivity index (χ4v) is 2.91. The van der Waals surface area contributed by atoms with Gasteiger partial charge in [0.2, 0.25) is 0 Å². The van der Waals surface area contributed by atoms with Crippen molar-refractivity contribution in [3.8, 4) is 0 Å². The number of aryl methyl sites for hydroxylation is 2. The molecule has 0 saturated heterocycles. The molecule has 1 aromatic carbocycles. The molecule has 2 heterocycles. The van der Waals surface area contributed by atoms with E-state index >= 15 is 0 Å². The van der Waals surface area contributed by atoms with Gasteiger partial charge in [-0.3, -0.25) is 0 Å². The average molecular weight is 283 g/mol. The van der Waals surface area contributed by atoms with E-state index in [4.69, 9.17) is 15.1 Å². The van der Waals surface area contributed by atoms with Crippen molar-refractivity contribution >= 4 is 11.0 Å². The lowest BCUT2D eigenvalue weighted by molar-refractivity contribution is 0.503. The predicted octanol–water partition coefficient (Wildman–Crippen LogP) is 3.45. The van der Waals surface area contributed by atoms with E-state index < -0.39 is 0 Å². The standard InChI is InChI=1S/C17H21N3O/c1-3-16-12(9-10-21-16)13(18)11-17-19-14-7-5-6-8-15(14)20(17)4-2/h5-10,13H,3-4,11,18H2,1-2H3. The van der Waals surface area contributed by atoms with Crippen LogP contribution in [-0.2, 0) is 19.4 Å². The van der Waals surface area contributed by atoms with Crippen LogP contribution in [-0.4, -0.2) is 9.55 Å². The highest BCUT2D eigenvalue weighted by Crippen LogP contribution is 2.23. The Morgan fingerprint density at radius 1 is 1.24 bits per heavy atom. The number of fused-ring (bicyclic) bond motifs is 1. The van der Waals surface area contributed by atoms with Gasteiger partial charge in [-0.1, -0.05) is 19.1 Å². The summed E-state index contributed by atoms with van der Waals surface area (Å²) in [6.45, 7) is 5.11. The van der Waals surface area contributed by atoms with Crippen LogP contribution in [0, 0.1) is 0 Å². The number of nitrogens with zero attached hydrogens (tertiary/aromatic N) is 2. The number of furan rings is 1. The molecule has 2 N–H and O–H groups in total. The third-order valence-electron chi connectivity index (χ3n) is 3.95. The quantitative estimate of drug-likeness (QED) is 0.780. The Hall–Kier alpha value is -2.07. The number of imidazole rings is 1. The van der Waals surface area contributed by atoms with Crippen LogP contribution in [0.4, 0.5) is 0 Å². The second kappa shape index (κ2) is 5.74. The second-order valence-corrected chi connectivity index (χ2v) is 5.22. The number of hydrogen-bond acceptors (Lipinski definition) is 3. The van der Waals surface area contributed by atoms with Crippen molar-refractivity contribution in [2.24, 2.45) is 5.73 Å². The summed E-state index contributed by atoms with van der Waals surface area (Å²) < 4.78 is 7.72. The van der Waals surface area contributed by atoms with Gasteiger partial charge in [0.1, 0.15) is 11.6 Å². The SMILES string of the molecule is CCc1occc1C(N)Cc1nc2ccccc2n1CC. The summed E-state index contributed by atoms with van der Waals surface area (Å²) in [5.74, 6) is 2.01. The third kappa shape index (κ3) is 2.47. The zero-order valence-electron chi connectivity index (χ0n) is 12.5. The topological polar surface area (TPSA) is 57.0 Å². The lowest BCUT2D eigenvalue weighted by atomic mass is 10.0. The lowest BCUT2D eigenvalue weighted by Gasteiger charge is -2.12. The Bertz CT molecular complexity index is 741. The number of aromatic nitrogens is 2. The molecule has 0 aliphatic heterocycles. The smallest absolute Gasteiger partial charge is 0.111 e. The molecular formula is C17H21N3O. The van der Waals surface area contributed by atoms with E-state index in [0.717, 1.165) is 42.1 Å². The van der Waals surface area contributed by atoms with Crippen LogP contribution < -0.4 is 5.73 Å². The van der Waals surface area contributed by atoms with Gasteiger partial charge in [0, 0.05) is 31.0 Å². The number of hydrogen-bond donors (Lipinski definition) is 1. The summed E-state index contributed by atoms with van der Waals surface area (Å²) in [5, 5.41) is 0. The maximum Gasteiger partial charge on any atom is 0.111 e. The first-order valence-electron chi connectivity index (χ1n) is 7.50. The molecule has 0 saturated carbocycles. The molecular weight excluding hydrogens is 262 g/mol. The molecule has 0 bridgehead atoms. The van der Waals surface area contributed by atoms with Crippen LogP contribution in [0.3, 0.4) is 0 Å². The highest BCUT2D eigenvalue weighted by Gasteiger charge is 2.17. The molecule has 0 fully saturated rings. The van der Waals surface area contributed by atoms with Crippen LogP contribution in [0.2, 0.25) is 0 Å². The van der Waals surface area contributed by atoms with Crippen molar-refractivity contribution in [1.82, 2.24) is 9.55 Å². The van der Waals surface area contributed by atoms with Gasteiger partial charge in [-0.25, -0.2) is 4.98 Å². The Kier molecular flexibility index (Phi) is 3.80. The molecule has 1 atom stereocenters. The Morgan fingerprint density at radius 2 is 2.05 bits per heavy atom. The molecule has 4 heteroatoms. The first kappa shape index (κ1) is 13.9. The molecule has 21 heavy (non-hydrogen) atoms. The first-order valence-corrected chi connectivity index (χ1v) is 7.50. The molecule has 110 valence electrons. The van der Waals surface area contributed by atoms with E-state index in [1.54, 1.807) is 6.26 Å².